The van der Waals surface area contributed by atoms with E-state index in [1.165, 1.54) is 39.2 Å². The van der Waals surface area contributed by atoms with Crippen molar-refractivity contribution in [3.8, 4) is 5.75 Å². The van der Waals surface area contributed by atoms with E-state index in [0.717, 1.165) is 13.0 Å². The molecule has 192 valence electrons. The molecule has 0 aromatic heterocycles. The molecule has 3 atom stereocenters. The lowest BCUT2D eigenvalue weighted by Gasteiger charge is -2.42. The summed E-state index contributed by atoms with van der Waals surface area (Å²) in [7, 11) is 3.22. The van der Waals surface area contributed by atoms with E-state index in [1.807, 2.05) is 0 Å². The van der Waals surface area contributed by atoms with E-state index >= 15 is 0 Å². The summed E-state index contributed by atoms with van der Waals surface area (Å²) in [4.78, 5) is 39.4. The van der Waals surface area contributed by atoms with E-state index < -0.39 is 0 Å². The summed E-state index contributed by atoms with van der Waals surface area (Å²) in [6, 6.07) is 4.86. The summed E-state index contributed by atoms with van der Waals surface area (Å²) in [6.45, 7) is 0.968. The third-order valence-electron chi connectivity index (χ3n) is 7.30. The first-order valence-electron chi connectivity index (χ1n) is 12.7. The lowest BCUT2D eigenvalue weighted by atomic mass is 9.89. The lowest BCUT2D eigenvalue weighted by Crippen LogP contribution is -2.54. The number of rotatable bonds is 7. The van der Waals surface area contributed by atoms with Gasteiger partial charge in [0.05, 0.1) is 24.1 Å². The van der Waals surface area contributed by atoms with Crippen molar-refractivity contribution in [1.82, 2.24) is 10.2 Å². The molecule has 0 unspecified atom stereocenters. The highest BCUT2D eigenvalue weighted by atomic mass is 16.5. The van der Waals surface area contributed by atoms with Crippen LogP contribution >= 0.6 is 0 Å². The number of benzene rings is 1. The van der Waals surface area contributed by atoms with Gasteiger partial charge in [-0.3, -0.25) is 14.4 Å². The van der Waals surface area contributed by atoms with E-state index in [9.17, 15) is 14.4 Å². The van der Waals surface area contributed by atoms with Crippen molar-refractivity contribution in [3.63, 3.8) is 0 Å². The highest BCUT2D eigenvalue weighted by Crippen LogP contribution is 2.32. The van der Waals surface area contributed by atoms with Crippen molar-refractivity contribution in [3.05, 3.63) is 23.8 Å². The fraction of sp³-hybridized carbons (Fsp3) is 0.654. The van der Waals surface area contributed by atoms with Crippen molar-refractivity contribution in [2.24, 2.45) is 5.92 Å². The van der Waals surface area contributed by atoms with Crippen LogP contribution in [0, 0.1) is 5.92 Å². The van der Waals surface area contributed by atoms with Gasteiger partial charge in [-0.15, -0.1) is 0 Å². The molecule has 9 nitrogen and oxygen atoms in total. The molecule has 1 aromatic rings. The van der Waals surface area contributed by atoms with Crippen LogP contribution in [0.1, 0.15) is 61.7 Å². The first-order valence-corrected chi connectivity index (χ1v) is 12.7. The molecular formula is C26H37N3O6. The van der Waals surface area contributed by atoms with Gasteiger partial charge >= 0.3 is 0 Å². The summed E-state index contributed by atoms with van der Waals surface area (Å²) in [5, 5.41) is 5.82. The fourth-order valence-electron chi connectivity index (χ4n) is 5.36. The van der Waals surface area contributed by atoms with Gasteiger partial charge in [-0.1, -0.05) is 19.3 Å². The Morgan fingerprint density at radius 1 is 1.11 bits per heavy atom. The Kier molecular flexibility index (Phi) is 8.62. The Labute approximate surface area is 206 Å². The van der Waals surface area contributed by atoms with Crippen LogP contribution in [0.15, 0.2) is 18.2 Å². The van der Waals surface area contributed by atoms with Gasteiger partial charge in [0.15, 0.2) is 0 Å². The summed E-state index contributed by atoms with van der Waals surface area (Å²) in [5.74, 6) is 0.584. The Bertz CT molecular complexity index is 916. The van der Waals surface area contributed by atoms with Gasteiger partial charge in [0, 0.05) is 26.4 Å². The fourth-order valence-corrected chi connectivity index (χ4v) is 5.36. The number of ether oxygens (including phenoxy) is 3. The van der Waals surface area contributed by atoms with Gasteiger partial charge < -0.3 is 29.7 Å². The molecule has 0 bridgehead atoms. The standard InChI is InChI=1S/C26H37N3O6/c1-29-21-10-9-19(13-24(30)27-14-17-6-4-3-5-7-17)35-23(21)15-34-22-11-8-18(12-20(22)26(29)32)28-25(31)16-33-2/h8,11-12,17,19,21,23H,3-7,9-10,13-16H2,1-2H3,(H,27,30)(H,28,31)/t19-,21+,23+/m1/s1. The van der Waals surface area contributed by atoms with Gasteiger partial charge in [0.2, 0.25) is 11.8 Å². The van der Waals surface area contributed by atoms with Gasteiger partial charge in [-0.05, 0) is 49.8 Å². The number of likely N-dealkylation sites (N-methyl/N-ethyl adjacent to an activating group) is 1. The Morgan fingerprint density at radius 3 is 2.69 bits per heavy atom. The maximum absolute atomic E-state index is 13.3. The molecule has 1 saturated carbocycles. The number of carbonyl (C=O) groups is 3. The molecule has 3 aliphatic rings. The molecule has 3 amide bonds. The van der Waals surface area contributed by atoms with Crippen molar-refractivity contribution in [1.29, 1.82) is 0 Å². The largest absolute Gasteiger partial charge is 0.490 e. The Morgan fingerprint density at radius 2 is 1.91 bits per heavy atom. The maximum Gasteiger partial charge on any atom is 0.257 e. The zero-order chi connectivity index (χ0) is 24.8. The molecular weight excluding hydrogens is 450 g/mol. The maximum atomic E-state index is 13.3. The molecule has 0 spiro atoms. The average Bonchev–Trinajstić information content (AvgIpc) is 2.86. The normalized spacial score (nSPS) is 24.9. The first-order chi connectivity index (χ1) is 16.9. The number of amides is 3. The highest BCUT2D eigenvalue weighted by Gasteiger charge is 2.39. The van der Waals surface area contributed by atoms with Crippen LogP contribution in [0.25, 0.3) is 0 Å². The molecule has 2 fully saturated rings. The number of hydrogen-bond donors (Lipinski definition) is 2. The zero-order valence-electron chi connectivity index (χ0n) is 20.7. The topological polar surface area (TPSA) is 106 Å². The Hall–Kier alpha value is -2.65. The second-order valence-corrected chi connectivity index (χ2v) is 9.87. The van der Waals surface area contributed by atoms with E-state index in [1.54, 1.807) is 30.1 Å². The van der Waals surface area contributed by atoms with E-state index in [4.69, 9.17) is 14.2 Å². The number of hydrogen-bond acceptors (Lipinski definition) is 6. The number of nitrogens with one attached hydrogen (secondary N) is 2. The van der Waals surface area contributed by atoms with Crippen LogP contribution in [-0.2, 0) is 19.1 Å². The Balaban J connectivity index is 1.35. The minimum absolute atomic E-state index is 0.0311. The average molecular weight is 488 g/mol. The molecule has 1 aliphatic carbocycles. The van der Waals surface area contributed by atoms with Gasteiger partial charge in [0.25, 0.3) is 5.91 Å². The number of carbonyl (C=O) groups excluding carboxylic acids is 3. The molecule has 35 heavy (non-hydrogen) atoms. The number of fused-ring (bicyclic) bond motifs is 2. The van der Waals surface area contributed by atoms with Crippen molar-refractivity contribution in [2.45, 2.75) is 69.6 Å². The second kappa shape index (κ2) is 11.9. The smallest absolute Gasteiger partial charge is 0.257 e. The minimum atomic E-state index is -0.317. The lowest BCUT2D eigenvalue weighted by molar-refractivity contribution is -0.134. The van der Waals surface area contributed by atoms with Crippen LogP contribution < -0.4 is 15.4 Å². The predicted octanol–water partition coefficient (Wildman–Crippen LogP) is 2.74. The molecule has 2 N–H and O–H groups in total. The summed E-state index contributed by atoms with van der Waals surface area (Å²) in [5.41, 5.74) is 0.901. The van der Waals surface area contributed by atoms with E-state index in [2.05, 4.69) is 10.6 Å². The minimum Gasteiger partial charge on any atom is -0.490 e. The molecule has 1 aromatic carbocycles. The summed E-state index contributed by atoms with van der Waals surface area (Å²) < 4.78 is 17.1. The molecule has 4 rings (SSSR count). The molecule has 2 aliphatic heterocycles. The van der Waals surface area contributed by atoms with Gasteiger partial charge in [0.1, 0.15) is 25.1 Å². The quantitative estimate of drug-likeness (QED) is 0.613. The van der Waals surface area contributed by atoms with Crippen molar-refractivity contribution in [2.75, 3.05) is 39.2 Å². The van der Waals surface area contributed by atoms with Crippen LogP contribution in [0.3, 0.4) is 0 Å². The predicted molar refractivity (Wildman–Crippen MR) is 130 cm³/mol. The third-order valence-corrected chi connectivity index (χ3v) is 7.30. The number of nitrogens with zero attached hydrogens (tertiary/aromatic N) is 1. The van der Waals surface area contributed by atoms with Crippen LogP contribution in [0.2, 0.25) is 0 Å². The summed E-state index contributed by atoms with van der Waals surface area (Å²) in [6.07, 6.45) is 7.48. The van der Waals surface area contributed by atoms with Crippen LogP contribution in [0.4, 0.5) is 5.69 Å². The monoisotopic (exact) mass is 487 g/mol. The number of methoxy groups -OCH3 is 1. The highest BCUT2D eigenvalue weighted by molar-refractivity contribution is 6.00. The van der Waals surface area contributed by atoms with Gasteiger partial charge in [-0.2, -0.15) is 0 Å². The van der Waals surface area contributed by atoms with Crippen molar-refractivity contribution >= 4 is 23.4 Å². The van der Waals surface area contributed by atoms with Crippen molar-refractivity contribution < 1.29 is 28.6 Å². The van der Waals surface area contributed by atoms with E-state index in [-0.39, 0.29) is 49.2 Å². The number of anilines is 1. The molecule has 2 heterocycles. The molecule has 0 radical (unpaired) electrons. The zero-order valence-corrected chi connectivity index (χ0v) is 20.7. The van der Waals surface area contributed by atoms with Gasteiger partial charge in [-0.25, -0.2) is 0 Å². The third kappa shape index (κ3) is 6.52. The second-order valence-electron chi connectivity index (χ2n) is 9.87. The van der Waals surface area contributed by atoms with Crippen LogP contribution in [-0.4, -0.2) is 74.8 Å². The summed E-state index contributed by atoms with van der Waals surface area (Å²) >= 11 is 0. The van der Waals surface area contributed by atoms with Crippen LogP contribution in [0.5, 0.6) is 5.75 Å². The SMILES string of the molecule is COCC(=O)Nc1ccc2c(c1)C(=O)N(C)[C@H]1CC[C@H](CC(=O)NCC3CCCCC3)O[C@H]1CO2. The first kappa shape index (κ1) is 25.4. The molecule has 1 saturated heterocycles. The molecule has 9 heteroatoms. The van der Waals surface area contributed by atoms with E-state index in [0.29, 0.717) is 35.8 Å².